The zero-order valence-corrected chi connectivity index (χ0v) is 24.6. The normalized spacial score (nSPS) is 22.8. The molecule has 1 aromatic carbocycles. The molecule has 0 radical (unpaired) electrons. The minimum Gasteiger partial charge on any atom is -0.381 e. The van der Waals surface area contributed by atoms with Crippen LogP contribution in [0.4, 0.5) is 20.9 Å². The lowest BCUT2D eigenvalue weighted by atomic mass is 10.1. The van der Waals surface area contributed by atoms with Gasteiger partial charge in [0.05, 0.1) is 29.4 Å². The van der Waals surface area contributed by atoms with Crippen LogP contribution in [0.15, 0.2) is 36.4 Å². The van der Waals surface area contributed by atoms with E-state index in [1.807, 2.05) is 16.5 Å². The number of nitrogens with zero attached hydrogens (tertiary/aromatic N) is 6. The van der Waals surface area contributed by atoms with Gasteiger partial charge in [0, 0.05) is 61.6 Å². The van der Waals surface area contributed by atoms with E-state index in [4.69, 9.17) is 14.8 Å². The first-order chi connectivity index (χ1) is 20.4. The maximum absolute atomic E-state index is 13.5. The number of amides is 1. The third-order valence-electron chi connectivity index (χ3n) is 8.90. The van der Waals surface area contributed by atoms with Crippen LogP contribution in [0, 0.1) is 41.8 Å². The van der Waals surface area contributed by atoms with Gasteiger partial charge in [-0.25, -0.2) is 13.9 Å². The molecule has 42 heavy (non-hydrogen) atoms. The smallest absolute Gasteiger partial charge is 0.225 e. The SMILES string of the molecule is CCc1nn2c(C)cc(N3CC4C(C3)C4NC(=O)C3CCOC3)cc2c1N(C)c1nc(-c2ccc(F)cc2)c(C#N)s1. The zero-order chi connectivity index (χ0) is 29.1. The van der Waals surface area contributed by atoms with Gasteiger partial charge in [0.25, 0.3) is 0 Å². The van der Waals surface area contributed by atoms with Crippen LogP contribution in [-0.2, 0) is 16.0 Å². The first-order valence-electron chi connectivity index (χ1n) is 14.4. The highest BCUT2D eigenvalue weighted by atomic mass is 32.1. The molecule has 1 amide bonds. The monoisotopic (exact) mass is 585 g/mol. The molecule has 2 aliphatic heterocycles. The Morgan fingerprint density at radius 2 is 2.02 bits per heavy atom. The highest BCUT2D eigenvalue weighted by Gasteiger charge is 2.56. The number of carbonyl (C=O) groups is 1. The molecule has 4 aromatic rings. The highest BCUT2D eigenvalue weighted by Crippen LogP contribution is 2.48. The standard InChI is InChI=1S/C31H32FN7O2S/c1-4-24-29(37(3)31-35-27(26(13-33)42-31)18-5-7-20(32)8-6-18)25-12-21(11-17(2)39(25)36-24)38-14-22-23(15-38)28(22)34-30(40)19-9-10-41-16-19/h5-8,11-12,19,22-23,28H,4,9-10,14-16H2,1-3H3,(H,34,40). The lowest BCUT2D eigenvalue weighted by Crippen LogP contribution is -2.38. The molecule has 5 heterocycles. The van der Waals surface area contributed by atoms with E-state index in [1.54, 1.807) is 12.1 Å². The van der Waals surface area contributed by atoms with E-state index in [0.717, 1.165) is 54.2 Å². The number of ether oxygens (including phenoxy) is 1. The molecule has 3 fully saturated rings. The number of carbonyl (C=O) groups excluding carboxylic acids is 1. The fraction of sp³-hybridized carbons (Fsp3) is 0.419. The molecule has 0 bridgehead atoms. The molecule has 1 aliphatic carbocycles. The quantitative estimate of drug-likeness (QED) is 0.336. The lowest BCUT2D eigenvalue weighted by molar-refractivity contribution is -0.125. The van der Waals surface area contributed by atoms with Crippen molar-refractivity contribution in [3.63, 3.8) is 0 Å². The summed E-state index contributed by atoms with van der Waals surface area (Å²) in [6, 6.07) is 13.0. The van der Waals surface area contributed by atoms with Crippen molar-refractivity contribution in [1.82, 2.24) is 19.9 Å². The number of halogens is 1. The highest BCUT2D eigenvalue weighted by molar-refractivity contribution is 7.16. The fourth-order valence-corrected chi connectivity index (χ4v) is 7.37. The summed E-state index contributed by atoms with van der Waals surface area (Å²) in [7, 11) is 1.96. The molecule has 3 aliphatic rings. The number of anilines is 3. The van der Waals surface area contributed by atoms with Gasteiger partial charge in [-0.15, -0.1) is 0 Å². The molecule has 11 heteroatoms. The summed E-state index contributed by atoms with van der Waals surface area (Å²) in [5.74, 6) is 0.737. The van der Waals surface area contributed by atoms with Crippen LogP contribution < -0.4 is 15.1 Å². The van der Waals surface area contributed by atoms with Gasteiger partial charge in [-0.3, -0.25) is 4.79 Å². The number of nitriles is 1. The number of hydrogen-bond donors (Lipinski definition) is 1. The Balaban J connectivity index is 1.16. The molecule has 216 valence electrons. The van der Waals surface area contributed by atoms with Crippen LogP contribution in [0.25, 0.3) is 16.8 Å². The van der Waals surface area contributed by atoms with Crippen LogP contribution in [0.3, 0.4) is 0 Å². The second kappa shape index (κ2) is 10.4. The molecule has 1 N–H and O–H groups in total. The molecule has 2 saturated heterocycles. The van der Waals surface area contributed by atoms with Crippen LogP contribution in [-0.4, -0.2) is 59.9 Å². The van der Waals surface area contributed by atoms with Crippen molar-refractivity contribution in [1.29, 1.82) is 5.26 Å². The largest absolute Gasteiger partial charge is 0.381 e. The topological polar surface area (TPSA) is 98.8 Å². The molecule has 3 unspecified atom stereocenters. The molecule has 1 saturated carbocycles. The van der Waals surface area contributed by atoms with Crippen LogP contribution in [0.5, 0.6) is 0 Å². The van der Waals surface area contributed by atoms with Crippen molar-refractivity contribution in [2.24, 2.45) is 17.8 Å². The molecule has 3 atom stereocenters. The van der Waals surface area contributed by atoms with E-state index >= 15 is 0 Å². The minimum absolute atomic E-state index is 0.00799. The number of nitrogens with one attached hydrogen (secondary N) is 1. The number of thiazole rings is 1. The number of benzene rings is 1. The summed E-state index contributed by atoms with van der Waals surface area (Å²) < 4.78 is 20.9. The molecule has 7 rings (SSSR count). The van der Waals surface area contributed by atoms with E-state index in [-0.39, 0.29) is 23.7 Å². The van der Waals surface area contributed by atoms with E-state index in [0.29, 0.717) is 46.3 Å². The van der Waals surface area contributed by atoms with Crippen LogP contribution in [0.1, 0.15) is 29.6 Å². The van der Waals surface area contributed by atoms with Gasteiger partial charge in [-0.05, 0) is 56.2 Å². The maximum Gasteiger partial charge on any atom is 0.225 e. The number of aromatic nitrogens is 3. The summed E-state index contributed by atoms with van der Waals surface area (Å²) in [5, 5.41) is 18.7. The van der Waals surface area contributed by atoms with Gasteiger partial charge in [0.2, 0.25) is 5.91 Å². The number of pyridine rings is 1. The predicted octanol–water partition coefficient (Wildman–Crippen LogP) is 4.69. The van der Waals surface area contributed by atoms with Crippen molar-refractivity contribution >= 4 is 39.3 Å². The summed E-state index contributed by atoms with van der Waals surface area (Å²) in [6.45, 7) is 7.18. The van der Waals surface area contributed by atoms with E-state index < -0.39 is 0 Å². The van der Waals surface area contributed by atoms with E-state index in [9.17, 15) is 14.4 Å². The maximum atomic E-state index is 13.5. The minimum atomic E-state index is -0.329. The van der Waals surface area contributed by atoms with Crippen molar-refractivity contribution < 1.29 is 13.9 Å². The van der Waals surface area contributed by atoms with Crippen LogP contribution >= 0.6 is 11.3 Å². The molecule has 9 nitrogen and oxygen atoms in total. The molecule has 0 spiro atoms. The van der Waals surface area contributed by atoms with Gasteiger partial charge in [0.1, 0.15) is 22.5 Å². The number of aryl methyl sites for hydroxylation is 2. The Hall–Kier alpha value is -4.01. The van der Waals surface area contributed by atoms with Gasteiger partial charge in [0.15, 0.2) is 5.13 Å². The first kappa shape index (κ1) is 26.9. The van der Waals surface area contributed by atoms with E-state index in [2.05, 4.69) is 42.3 Å². The Labute approximate surface area is 247 Å². The summed E-state index contributed by atoms with van der Waals surface area (Å²) in [6.07, 6.45) is 1.55. The van der Waals surface area contributed by atoms with Crippen LogP contribution in [0.2, 0.25) is 0 Å². The Kier molecular flexibility index (Phi) is 6.63. The van der Waals surface area contributed by atoms with Crippen molar-refractivity contribution in [3.8, 4) is 17.3 Å². The van der Waals surface area contributed by atoms with Crippen molar-refractivity contribution in [2.45, 2.75) is 32.7 Å². The Morgan fingerprint density at radius 3 is 2.69 bits per heavy atom. The Morgan fingerprint density at radius 1 is 1.26 bits per heavy atom. The van der Waals surface area contributed by atoms with E-state index in [1.165, 1.54) is 23.5 Å². The average Bonchev–Trinajstić information content (AvgIpc) is 3.62. The summed E-state index contributed by atoms with van der Waals surface area (Å²) in [4.78, 5) is 22.3. The zero-order valence-electron chi connectivity index (χ0n) is 23.8. The van der Waals surface area contributed by atoms with Gasteiger partial charge in [-0.1, -0.05) is 18.3 Å². The summed E-state index contributed by atoms with van der Waals surface area (Å²) in [5.41, 5.74) is 6.31. The number of fused-ring (bicyclic) bond motifs is 2. The van der Waals surface area contributed by atoms with Crippen molar-refractivity contribution in [2.75, 3.05) is 43.2 Å². The number of piperidine rings is 1. The molecular weight excluding hydrogens is 553 g/mol. The first-order valence-corrected chi connectivity index (χ1v) is 15.2. The second-order valence-corrected chi connectivity index (χ2v) is 12.5. The summed E-state index contributed by atoms with van der Waals surface area (Å²) >= 11 is 1.32. The third-order valence-corrected chi connectivity index (χ3v) is 9.94. The molecular formula is C31H32FN7O2S. The predicted molar refractivity (Wildman–Crippen MR) is 160 cm³/mol. The number of hydrogen-bond acceptors (Lipinski definition) is 8. The average molecular weight is 586 g/mol. The Bertz CT molecular complexity index is 1710. The lowest BCUT2D eigenvalue weighted by Gasteiger charge is -2.24. The van der Waals surface area contributed by atoms with Gasteiger partial charge in [-0.2, -0.15) is 10.4 Å². The third kappa shape index (κ3) is 4.50. The molecule has 3 aromatic heterocycles. The second-order valence-electron chi connectivity index (χ2n) is 11.5. The van der Waals surface area contributed by atoms with Gasteiger partial charge >= 0.3 is 0 Å². The van der Waals surface area contributed by atoms with Gasteiger partial charge < -0.3 is 19.9 Å². The number of rotatable bonds is 7. The fourth-order valence-electron chi connectivity index (χ4n) is 6.51. The van der Waals surface area contributed by atoms with Crippen molar-refractivity contribution in [3.05, 3.63) is 58.5 Å².